The van der Waals surface area contributed by atoms with Crippen molar-refractivity contribution in [1.29, 1.82) is 0 Å². The van der Waals surface area contributed by atoms with Gasteiger partial charge in [0, 0.05) is 23.8 Å². The van der Waals surface area contributed by atoms with Gasteiger partial charge in [-0.15, -0.1) is 0 Å². The Hall–Kier alpha value is -2.60. The monoisotopic (exact) mass is 414 g/mol. The van der Waals surface area contributed by atoms with Crippen LogP contribution in [0.15, 0.2) is 36.5 Å². The van der Waals surface area contributed by atoms with Crippen LogP contribution in [-0.4, -0.2) is 45.8 Å². The minimum Gasteiger partial charge on any atom is -0.492 e. The van der Waals surface area contributed by atoms with Crippen molar-refractivity contribution in [3.63, 3.8) is 0 Å². The summed E-state index contributed by atoms with van der Waals surface area (Å²) < 4.78 is 7.58. The van der Waals surface area contributed by atoms with E-state index in [0.717, 1.165) is 16.7 Å². The van der Waals surface area contributed by atoms with Crippen LogP contribution in [0.2, 0.25) is 5.02 Å². The van der Waals surface area contributed by atoms with Crippen LogP contribution >= 0.6 is 11.6 Å². The van der Waals surface area contributed by atoms with Crippen LogP contribution in [0, 0.1) is 0 Å². The van der Waals surface area contributed by atoms with Gasteiger partial charge >= 0.3 is 0 Å². The first-order chi connectivity index (χ1) is 13.8. The molecule has 29 heavy (non-hydrogen) atoms. The van der Waals surface area contributed by atoms with Crippen molar-refractivity contribution >= 4 is 28.5 Å². The fourth-order valence-corrected chi connectivity index (χ4v) is 3.23. The van der Waals surface area contributed by atoms with E-state index in [-0.39, 0.29) is 17.9 Å². The predicted octanol–water partition coefficient (Wildman–Crippen LogP) is 4.94. The van der Waals surface area contributed by atoms with Crippen molar-refractivity contribution < 1.29 is 9.53 Å². The molecule has 0 radical (unpaired) electrons. The molecule has 2 heterocycles. The van der Waals surface area contributed by atoms with Crippen LogP contribution in [0.1, 0.15) is 55.7 Å². The van der Waals surface area contributed by atoms with Crippen LogP contribution in [-0.2, 0) is 0 Å². The van der Waals surface area contributed by atoms with Crippen LogP contribution < -0.4 is 4.74 Å². The van der Waals surface area contributed by atoms with E-state index < -0.39 is 0 Å². The van der Waals surface area contributed by atoms with Gasteiger partial charge in [-0.2, -0.15) is 5.10 Å². The fourth-order valence-electron chi connectivity index (χ4n) is 3.05. The maximum Gasteiger partial charge on any atom is 0.254 e. The number of pyridine rings is 1. The van der Waals surface area contributed by atoms with Crippen LogP contribution in [0.3, 0.4) is 0 Å². The van der Waals surface area contributed by atoms with Crippen molar-refractivity contribution in [3.8, 4) is 5.75 Å². The van der Waals surface area contributed by atoms with Gasteiger partial charge in [-0.05, 0) is 44.0 Å². The highest BCUT2D eigenvalue weighted by Gasteiger charge is 2.21. The third-order valence-electron chi connectivity index (χ3n) is 4.74. The maximum absolute atomic E-state index is 13.2. The highest BCUT2D eigenvalue weighted by molar-refractivity contribution is 6.30. The molecule has 0 aliphatic heterocycles. The zero-order chi connectivity index (χ0) is 21.1. The average Bonchev–Trinajstić information content (AvgIpc) is 3.11. The van der Waals surface area contributed by atoms with E-state index in [2.05, 4.69) is 32.8 Å². The first kappa shape index (κ1) is 21.1. The highest BCUT2D eigenvalue weighted by Crippen LogP contribution is 2.25. The third kappa shape index (κ3) is 4.70. The molecule has 7 heteroatoms. The van der Waals surface area contributed by atoms with Gasteiger partial charge in [0.05, 0.1) is 23.7 Å². The zero-order valence-electron chi connectivity index (χ0n) is 17.5. The van der Waals surface area contributed by atoms with Crippen molar-refractivity contribution in [2.75, 3.05) is 20.2 Å². The number of aromatic nitrogens is 3. The number of carbonyl (C=O) groups excluding carboxylic acids is 1. The second-order valence-electron chi connectivity index (χ2n) is 7.70. The topological polar surface area (TPSA) is 60.3 Å². The third-order valence-corrected chi connectivity index (χ3v) is 4.97. The van der Waals surface area contributed by atoms with Gasteiger partial charge in [0.25, 0.3) is 5.91 Å². The Morgan fingerprint density at radius 1 is 1.24 bits per heavy atom. The van der Waals surface area contributed by atoms with E-state index in [0.29, 0.717) is 29.5 Å². The SMILES string of the molecule is CC(C)c1cc(C(=O)N(C)CCOc2cccc(Cl)c2)c2cnn(C(C)C)c2n1. The predicted molar refractivity (Wildman–Crippen MR) is 116 cm³/mol. The molecule has 3 aromatic rings. The van der Waals surface area contributed by atoms with E-state index in [4.69, 9.17) is 21.3 Å². The van der Waals surface area contributed by atoms with E-state index in [1.165, 1.54) is 0 Å². The van der Waals surface area contributed by atoms with E-state index in [9.17, 15) is 4.79 Å². The summed E-state index contributed by atoms with van der Waals surface area (Å²) in [5.41, 5.74) is 2.25. The number of hydrogen-bond donors (Lipinski definition) is 0. The van der Waals surface area contributed by atoms with Crippen molar-refractivity contribution in [2.24, 2.45) is 0 Å². The molecule has 1 amide bonds. The fraction of sp³-hybridized carbons (Fsp3) is 0.409. The van der Waals surface area contributed by atoms with Gasteiger partial charge in [0.15, 0.2) is 5.65 Å². The molecule has 0 unspecified atom stereocenters. The minimum atomic E-state index is -0.0719. The Balaban J connectivity index is 1.81. The normalized spacial score (nSPS) is 11.4. The summed E-state index contributed by atoms with van der Waals surface area (Å²) in [5.74, 6) is 0.820. The molecular weight excluding hydrogens is 388 g/mol. The Morgan fingerprint density at radius 2 is 2.00 bits per heavy atom. The Labute approximate surface area is 176 Å². The largest absolute Gasteiger partial charge is 0.492 e. The molecule has 2 aromatic heterocycles. The van der Waals surface area contributed by atoms with Crippen LogP contribution in [0.5, 0.6) is 5.75 Å². The van der Waals surface area contributed by atoms with Gasteiger partial charge < -0.3 is 9.64 Å². The van der Waals surface area contributed by atoms with E-state index in [1.54, 1.807) is 30.3 Å². The second-order valence-corrected chi connectivity index (χ2v) is 8.14. The summed E-state index contributed by atoms with van der Waals surface area (Å²) in [5, 5.41) is 5.85. The standard InChI is InChI=1S/C22H27ClN4O2/c1-14(2)20-12-18(19-13-24-27(15(3)4)21(19)25-20)22(28)26(5)9-10-29-17-8-6-7-16(23)11-17/h6-8,11-15H,9-10H2,1-5H3. The smallest absolute Gasteiger partial charge is 0.254 e. The maximum atomic E-state index is 13.2. The Kier molecular flexibility index (Phi) is 6.42. The molecule has 0 saturated carbocycles. The number of rotatable bonds is 7. The molecule has 3 rings (SSSR count). The second kappa shape index (κ2) is 8.82. The van der Waals surface area contributed by atoms with Crippen molar-refractivity contribution in [1.82, 2.24) is 19.7 Å². The molecule has 0 saturated heterocycles. The molecule has 0 N–H and O–H groups in total. The summed E-state index contributed by atoms with van der Waals surface area (Å²) in [6, 6.07) is 9.27. The summed E-state index contributed by atoms with van der Waals surface area (Å²) in [4.78, 5) is 19.6. The van der Waals surface area contributed by atoms with Gasteiger partial charge in [0.2, 0.25) is 0 Å². The molecule has 0 bridgehead atoms. The number of fused-ring (bicyclic) bond motifs is 1. The summed E-state index contributed by atoms with van der Waals surface area (Å²) in [7, 11) is 1.78. The Bertz CT molecular complexity index is 1010. The van der Waals surface area contributed by atoms with Crippen molar-refractivity contribution in [3.05, 3.63) is 52.8 Å². The quantitative estimate of drug-likeness (QED) is 0.549. The lowest BCUT2D eigenvalue weighted by atomic mass is 10.0. The first-order valence-corrected chi connectivity index (χ1v) is 10.2. The summed E-state index contributed by atoms with van der Waals surface area (Å²) in [6.45, 7) is 9.07. The molecule has 0 atom stereocenters. The molecule has 0 aliphatic rings. The number of nitrogens with zero attached hydrogens (tertiary/aromatic N) is 4. The Morgan fingerprint density at radius 3 is 2.66 bits per heavy atom. The molecule has 6 nitrogen and oxygen atoms in total. The number of halogens is 1. The lowest BCUT2D eigenvalue weighted by molar-refractivity contribution is 0.0775. The molecule has 0 spiro atoms. The van der Waals surface area contributed by atoms with E-state index in [1.807, 2.05) is 22.9 Å². The number of amides is 1. The van der Waals surface area contributed by atoms with Crippen molar-refractivity contribution in [2.45, 2.75) is 39.7 Å². The number of benzene rings is 1. The van der Waals surface area contributed by atoms with Crippen LogP contribution in [0.4, 0.5) is 0 Å². The molecule has 154 valence electrons. The van der Waals surface area contributed by atoms with E-state index >= 15 is 0 Å². The van der Waals surface area contributed by atoms with Gasteiger partial charge in [-0.25, -0.2) is 9.67 Å². The number of ether oxygens (including phenoxy) is 1. The summed E-state index contributed by atoms with van der Waals surface area (Å²) >= 11 is 5.98. The molecule has 0 fully saturated rings. The van der Waals surface area contributed by atoms with Gasteiger partial charge in [-0.1, -0.05) is 31.5 Å². The molecule has 1 aromatic carbocycles. The average molecular weight is 415 g/mol. The number of likely N-dealkylation sites (N-methyl/N-ethyl adjacent to an activating group) is 1. The van der Waals surface area contributed by atoms with Crippen LogP contribution in [0.25, 0.3) is 11.0 Å². The minimum absolute atomic E-state index is 0.0719. The molecule has 0 aliphatic carbocycles. The highest BCUT2D eigenvalue weighted by atomic mass is 35.5. The van der Waals surface area contributed by atoms with Gasteiger partial charge in [0.1, 0.15) is 12.4 Å². The summed E-state index contributed by atoms with van der Waals surface area (Å²) in [6.07, 6.45) is 1.73. The molecular formula is C22H27ClN4O2. The lowest BCUT2D eigenvalue weighted by Crippen LogP contribution is -2.31. The number of hydrogen-bond acceptors (Lipinski definition) is 4. The lowest BCUT2D eigenvalue weighted by Gasteiger charge is -2.19. The zero-order valence-corrected chi connectivity index (χ0v) is 18.3. The first-order valence-electron chi connectivity index (χ1n) is 9.80. The number of carbonyl (C=O) groups is 1. The van der Waals surface area contributed by atoms with Gasteiger partial charge in [-0.3, -0.25) is 4.79 Å².